The van der Waals surface area contributed by atoms with Gasteiger partial charge >= 0.3 is 5.69 Å². The van der Waals surface area contributed by atoms with Crippen LogP contribution >= 0.6 is 0 Å². The van der Waals surface area contributed by atoms with E-state index < -0.39 is 0 Å². The Morgan fingerprint density at radius 2 is 2.04 bits per heavy atom. The molecule has 1 aliphatic carbocycles. The van der Waals surface area contributed by atoms with Crippen molar-refractivity contribution in [2.45, 2.75) is 59.5 Å². The highest BCUT2D eigenvalue weighted by atomic mass is 16.2. The van der Waals surface area contributed by atoms with Crippen LogP contribution in [0.15, 0.2) is 28.4 Å². The summed E-state index contributed by atoms with van der Waals surface area (Å²) in [6, 6.07) is 0.334. The number of nitrogens with zero attached hydrogens (tertiary/aromatic N) is 5. The van der Waals surface area contributed by atoms with Crippen molar-refractivity contribution >= 4 is 16.9 Å². The molecule has 0 saturated heterocycles. The normalized spacial score (nSPS) is 22.2. The first kappa shape index (κ1) is 18.8. The topological polar surface area (TPSA) is 66.2 Å². The summed E-state index contributed by atoms with van der Waals surface area (Å²) < 4.78 is 6.79. The monoisotopic (exact) mass is 383 g/mol. The lowest BCUT2D eigenvalue weighted by atomic mass is 9.70. The van der Waals surface area contributed by atoms with Gasteiger partial charge in [0.15, 0.2) is 11.2 Å². The lowest BCUT2D eigenvalue weighted by molar-refractivity contribution is 0.138. The summed E-state index contributed by atoms with van der Waals surface area (Å²) in [5.41, 5.74) is 1.55. The van der Waals surface area contributed by atoms with Gasteiger partial charge in [0.2, 0.25) is 5.78 Å². The van der Waals surface area contributed by atoms with Crippen molar-refractivity contribution in [3.63, 3.8) is 0 Å². The van der Waals surface area contributed by atoms with E-state index in [1.54, 1.807) is 13.1 Å². The van der Waals surface area contributed by atoms with Crippen LogP contribution in [-0.4, -0.2) is 23.1 Å². The van der Waals surface area contributed by atoms with Gasteiger partial charge in [-0.1, -0.05) is 26.8 Å². The van der Waals surface area contributed by atoms with Crippen LogP contribution in [0.4, 0.5) is 0 Å². The maximum atomic E-state index is 13.1. The molecule has 150 valence electrons. The summed E-state index contributed by atoms with van der Waals surface area (Å²) in [5.74, 6) is 1.38. The zero-order valence-electron chi connectivity index (χ0n) is 17.4. The first-order chi connectivity index (χ1) is 13.1. The number of hydrogen-bond acceptors (Lipinski definition) is 3. The van der Waals surface area contributed by atoms with Crippen LogP contribution in [0.3, 0.4) is 0 Å². The molecular weight excluding hydrogens is 354 g/mol. The molecule has 4 rings (SSSR count). The molecule has 28 heavy (non-hydrogen) atoms. The molecule has 1 saturated carbocycles. The summed E-state index contributed by atoms with van der Waals surface area (Å²) >= 11 is 0. The largest absolute Gasteiger partial charge is 0.332 e. The molecule has 0 unspecified atom stereocenters. The highest BCUT2D eigenvalue weighted by molar-refractivity contribution is 5.75. The van der Waals surface area contributed by atoms with Crippen molar-refractivity contribution in [3.8, 4) is 0 Å². The van der Waals surface area contributed by atoms with E-state index in [0.29, 0.717) is 23.1 Å². The van der Waals surface area contributed by atoms with Gasteiger partial charge in [-0.25, -0.2) is 4.79 Å². The number of aromatic nitrogens is 5. The number of allylic oxidation sites excluding steroid dienone is 1. The fourth-order valence-electron chi connectivity index (χ4n) is 5.26. The second kappa shape index (κ2) is 6.22. The van der Waals surface area contributed by atoms with Gasteiger partial charge < -0.3 is 4.57 Å². The fourth-order valence-corrected chi connectivity index (χ4v) is 5.26. The smallest absolute Gasteiger partial charge is 0.311 e. The summed E-state index contributed by atoms with van der Waals surface area (Å²) in [6.07, 6.45) is 6.93. The zero-order chi connectivity index (χ0) is 20.4. The average molecular weight is 383 g/mol. The minimum Gasteiger partial charge on any atom is -0.311 e. The van der Waals surface area contributed by atoms with Gasteiger partial charge in [0, 0.05) is 31.5 Å². The van der Waals surface area contributed by atoms with Crippen LogP contribution in [0.1, 0.15) is 51.8 Å². The van der Waals surface area contributed by atoms with E-state index in [0.717, 1.165) is 24.3 Å². The van der Waals surface area contributed by atoms with E-state index in [4.69, 9.17) is 4.98 Å². The SMILES string of the molecule is C=CCn1c(=O)c2c(nc3n([C@H]4C[C@@H](C)CC(C)(C)C4)c(C)cn23)n(C)c1=O. The van der Waals surface area contributed by atoms with Crippen molar-refractivity contribution < 1.29 is 0 Å². The molecule has 3 aromatic heterocycles. The number of rotatable bonds is 3. The third-order valence-electron chi connectivity index (χ3n) is 6.11. The van der Waals surface area contributed by atoms with E-state index in [1.165, 1.54) is 15.6 Å². The Labute approximate surface area is 163 Å². The Bertz CT molecular complexity index is 1200. The Hall–Kier alpha value is -2.57. The second-order valence-corrected chi connectivity index (χ2v) is 9.21. The number of hydrogen-bond donors (Lipinski definition) is 0. The molecule has 0 radical (unpaired) electrons. The molecule has 0 spiro atoms. The third kappa shape index (κ3) is 2.67. The maximum Gasteiger partial charge on any atom is 0.332 e. The van der Waals surface area contributed by atoms with Crippen molar-refractivity contribution in [2.75, 3.05) is 0 Å². The van der Waals surface area contributed by atoms with Gasteiger partial charge in [-0.3, -0.25) is 18.3 Å². The Morgan fingerprint density at radius 3 is 2.68 bits per heavy atom. The van der Waals surface area contributed by atoms with E-state index >= 15 is 0 Å². The summed E-state index contributed by atoms with van der Waals surface area (Å²) in [7, 11) is 1.67. The first-order valence-electron chi connectivity index (χ1n) is 9.95. The zero-order valence-corrected chi connectivity index (χ0v) is 17.4. The van der Waals surface area contributed by atoms with Gasteiger partial charge in [0.05, 0.1) is 0 Å². The molecule has 0 N–H and O–H groups in total. The van der Waals surface area contributed by atoms with Crippen molar-refractivity contribution in [2.24, 2.45) is 18.4 Å². The minimum absolute atomic E-state index is 0.183. The Balaban J connectivity index is 2.01. The Kier molecular flexibility index (Phi) is 4.17. The molecule has 7 nitrogen and oxygen atoms in total. The third-order valence-corrected chi connectivity index (χ3v) is 6.11. The van der Waals surface area contributed by atoms with Gasteiger partial charge in [0.25, 0.3) is 5.56 Å². The lowest BCUT2D eigenvalue weighted by Crippen LogP contribution is -2.39. The second-order valence-electron chi connectivity index (χ2n) is 9.21. The quantitative estimate of drug-likeness (QED) is 0.653. The minimum atomic E-state index is -0.367. The molecule has 1 fully saturated rings. The van der Waals surface area contributed by atoms with Crippen molar-refractivity contribution in [1.29, 1.82) is 0 Å². The van der Waals surface area contributed by atoms with Gasteiger partial charge in [-0.05, 0) is 37.5 Å². The van der Waals surface area contributed by atoms with E-state index in [-0.39, 0.29) is 23.2 Å². The van der Waals surface area contributed by atoms with Crippen molar-refractivity contribution in [3.05, 3.63) is 45.4 Å². The van der Waals surface area contributed by atoms with Crippen LogP contribution in [0.5, 0.6) is 0 Å². The molecule has 1 aliphatic rings. The predicted molar refractivity (Wildman–Crippen MR) is 111 cm³/mol. The molecule has 7 heteroatoms. The van der Waals surface area contributed by atoms with Crippen LogP contribution in [-0.2, 0) is 13.6 Å². The molecule has 2 atom stereocenters. The number of fused-ring (bicyclic) bond motifs is 3. The highest BCUT2D eigenvalue weighted by Crippen LogP contribution is 2.44. The van der Waals surface area contributed by atoms with Gasteiger partial charge in [0.1, 0.15) is 0 Å². The van der Waals surface area contributed by atoms with Crippen LogP contribution in [0.25, 0.3) is 16.9 Å². The van der Waals surface area contributed by atoms with E-state index in [2.05, 4.69) is 38.8 Å². The molecule has 0 aromatic carbocycles. The van der Waals surface area contributed by atoms with E-state index in [1.807, 2.05) is 10.6 Å². The molecule has 3 heterocycles. The molecule has 0 aliphatic heterocycles. The predicted octanol–water partition coefficient (Wildman–Crippen LogP) is 3.03. The van der Waals surface area contributed by atoms with Gasteiger partial charge in [-0.15, -0.1) is 6.58 Å². The summed E-state index contributed by atoms with van der Waals surface area (Å²) in [4.78, 5) is 30.4. The lowest BCUT2D eigenvalue weighted by Gasteiger charge is -2.39. The first-order valence-corrected chi connectivity index (χ1v) is 9.95. The molecule has 3 aromatic rings. The standard InChI is InChI=1S/C21H29N5O2/c1-7-8-24-18(27)16-17(23(6)20(24)28)22-19-25(16)12-14(3)26(19)15-9-13(2)10-21(4,5)11-15/h7,12-13,15H,1,8-11H2,2-6H3/t13-,15+/m1/s1. The Morgan fingerprint density at radius 1 is 1.32 bits per heavy atom. The summed E-state index contributed by atoms with van der Waals surface area (Å²) in [5, 5.41) is 0. The molecule has 0 amide bonds. The number of aryl methyl sites for hydroxylation is 2. The van der Waals surface area contributed by atoms with E-state index in [9.17, 15) is 9.59 Å². The average Bonchev–Trinajstić information content (AvgIpc) is 3.09. The van der Waals surface area contributed by atoms with Gasteiger partial charge in [-0.2, -0.15) is 4.98 Å². The van der Waals surface area contributed by atoms with Crippen LogP contribution in [0, 0.1) is 18.3 Å². The van der Waals surface area contributed by atoms with Crippen LogP contribution in [0.2, 0.25) is 0 Å². The maximum absolute atomic E-state index is 13.1. The number of imidazole rings is 2. The van der Waals surface area contributed by atoms with Crippen LogP contribution < -0.4 is 11.2 Å². The summed E-state index contributed by atoms with van der Waals surface area (Å²) in [6.45, 7) is 12.9. The molecule has 0 bridgehead atoms. The highest BCUT2D eigenvalue weighted by Gasteiger charge is 2.34. The molecular formula is C21H29N5O2. The van der Waals surface area contributed by atoms with Crippen molar-refractivity contribution in [1.82, 2.24) is 23.1 Å². The fraction of sp³-hybridized carbons (Fsp3) is 0.571.